The third-order valence-electron chi connectivity index (χ3n) is 2.57. The minimum absolute atomic E-state index is 0.445. The van der Waals surface area contributed by atoms with E-state index in [0.29, 0.717) is 17.4 Å². The van der Waals surface area contributed by atoms with Crippen LogP contribution in [0.4, 0.5) is 0 Å². The van der Waals surface area contributed by atoms with Gasteiger partial charge in [0.15, 0.2) is 0 Å². The molecule has 19 heavy (non-hydrogen) atoms. The molecule has 1 aromatic carbocycles. The first-order chi connectivity index (χ1) is 9.31. The summed E-state index contributed by atoms with van der Waals surface area (Å²) in [6.45, 7) is 0.445. The second-order valence-corrected chi connectivity index (χ2v) is 4.41. The standard InChI is InChI=1S/C13H10ClN5/c14-11-6-7-15-12(8-11)9-19-17-13(16-18-19)10-4-2-1-3-5-10/h1-8H,9H2. The summed E-state index contributed by atoms with van der Waals surface area (Å²) in [5, 5.41) is 13.0. The van der Waals surface area contributed by atoms with Gasteiger partial charge < -0.3 is 0 Å². The maximum absolute atomic E-state index is 5.91. The molecule has 2 aromatic heterocycles. The highest BCUT2D eigenvalue weighted by atomic mass is 35.5. The van der Waals surface area contributed by atoms with Crippen LogP contribution in [0.3, 0.4) is 0 Å². The number of aromatic nitrogens is 5. The summed E-state index contributed by atoms with van der Waals surface area (Å²) in [7, 11) is 0. The lowest BCUT2D eigenvalue weighted by molar-refractivity contribution is 0.564. The quantitative estimate of drug-likeness (QED) is 0.734. The topological polar surface area (TPSA) is 56.5 Å². The summed E-state index contributed by atoms with van der Waals surface area (Å²) in [6.07, 6.45) is 1.66. The van der Waals surface area contributed by atoms with Gasteiger partial charge in [-0.3, -0.25) is 4.98 Å². The molecule has 0 aliphatic rings. The fourth-order valence-electron chi connectivity index (χ4n) is 1.69. The predicted molar refractivity (Wildman–Crippen MR) is 71.6 cm³/mol. The van der Waals surface area contributed by atoms with Gasteiger partial charge in [-0.05, 0) is 17.3 Å². The van der Waals surface area contributed by atoms with Crippen LogP contribution in [-0.2, 0) is 6.54 Å². The van der Waals surface area contributed by atoms with E-state index in [1.165, 1.54) is 4.80 Å². The molecule has 6 heteroatoms. The molecular formula is C13H10ClN5. The Balaban J connectivity index is 1.82. The van der Waals surface area contributed by atoms with Crippen LogP contribution in [0.2, 0.25) is 5.02 Å². The monoisotopic (exact) mass is 271 g/mol. The smallest absolute Gasteiger partial charge is 0.204 e. The second-order valence-electron chi connectivity index (χ2n) is 3.97. The third-order valence-corrected chi connectivity index (χ3v) is 2.80. The van der Waals surface area contributed by atoms with Crippen LogP contribution in [-0.4, -0.2) is 25.2 Å². The van der Waals surface area contributed by atoms with E-state index < -0.39 is 0 Å². The summed E-state index contributed by atoms with van der Waals surface area (Å²) >= 11 is 5.91. The maximum atomic E-state index is 5.91. The SMILES string of the molecule is Clc1ccnc(Cn2nnc(-c3ccccc3)n2)c1. The van der Waals surface area contributed by atoms with Crippen molar-refractivity contribution in [1.29, 1.82) is 0 Å². The van der Waals surface area contributed by atoms with Crippen LogP contribution in [0.15, 0.2) is 48.7 Å². The first-order valence-corrected chi connectivity index (χ1v) is 6.13. The van der Waals surface area contributed by atoms with E-state index in [9.17, 15) is 0 Å². The van der Waals surface area contributed by atoms with Crippen molar-refractivity contribution in [2.75, 3.05) is 0 Å². The van der Waals surface area contributed by atoms with Crippen LogP contribution in [0.25, 0.3) is 11.4 Å². The lowest BCUT2D eigenvalue weighted by Gasteiger charge is -1.98. The maximum Gasteiger partial charge on any atom is 0.204 e. The summed E-state index contributed by atoms with van der Waals surface area (Å²) in [4.78, 5) is 5.70. The molecule has 0 radical (unpaired) electrons. The van der Waals surface area contributed by atoms with Crippen molar-refractivity contribution in [3.63, 3.8) is 0 Å². The fraction of sp³-hybridized carbons (Fsp3) is 0.0769. The highest BCUT2D eigenvalue weighted by molar-refractivity contribution is 6.30. The summed E-state index contributed by atoms with van der Waals surface area (Å²) < 4.78 is 0. The molecule has 94 valence electrons. The van der Waals surface area contributed by atoms with Gasteiger partial charge in [0, 0.05) is 16.8 Å². The molecule has 0 N–H and O–H groups in total. The highest BCUT2D eigenvalue weighted by Gasteiger charge is 2.06. The first kappa shape index (κ1) is 11.8. The van der Waals surface area contributed by atoms with E-state index in [4.69, 9.17) is 11.6 Å². The molecule has 0 fully saturated rings. The van der Waals surface area contributed by atoms with E-state index in [1.54, 1.807) is 18.3 Å². The van der Waals surface area contributed by atoms with E-state index in [1.807, 2.05) is 30.3 Å². The Hall–Kier alpha value is -2.27. The number of hydrogen-bond donors (Lipinski definition) is 0. The van der Waals surface area contributed by atoms with E-state index >= 15 is 0 Å². The molecule has 3 rings (SSSR count). The van der Waals surface area contributed by atoms with Crippen molar-refractivity contribution in [3.05, 3.63) is 59.4 Å². The number of benzene rings is 1. The molecule has 0 saturated carbocycles. The molecule has 5 nitrogen and oxygen atoms in total. The molecule has 0 aliphatic carbocycles. The van der Waals surface area contributed by atoms with Crippen LogP contribution in [0.5, 0.6) is 0 Å². The summed E-state index contributed by atoms with van der Waals surface area (Å²) in [6, 6.07) is 13.2. The lowest BCUT2D eigenvalue weighted by atomic mass is 10.2. The van der Waals surface area contributed by atoms with Gasteiger partial charge in [0.2, 0.25) is 5.82 Å². The zero-order chi connectivity index (χ0) is 13.1. The van der Waals surface area contributed by atoms with Gasteiger partial charge in [-0.25, -0.2) is 0 Å². The van der Waals surface area contributed by atoms with E-state index in [-0.39, 0.29) is 0 Å². The van der Waals surface area contributed by atoms with Crippen molar-refractivity contribution in [1.82, 2.24) is 25.2 Å². The van der Waals surface area contributed by atoms with Gasteiger partial charge in [0.05, 0.1) is 5.69 Å². The minimum Gasteiger partial charge on any atom is -0.259 e. The van der Waals surface area contributed by atoms with E-state index in [2.05, 4.69) is 20.4 Å². The largest absolute Gasteiger partial charge is 0.259 e. The fourth-order valence-corrected chi connectivity index (χ4v) is 1.88. The summed E-state index contributed by atoms with van der Waals surface area (Å²) in [5.74, 6) is 0.600. The van der Waals surface area contributed by atoms with Gasteiger partial charge >= 0.3 is 0 Å². The third kappa shape index (κ3) is 2.77. The molecule has 0 bridgehead atoms. The number of halogens is 1. The van der Waals surface area contributed by atoms with Crippen molar-refractivity contribution < 1.29 is 0 Å². The Morgan fingerprint density at radius 2 is 1.95 bits per heavy atom. The molecular weight excluding hydrogens is 262 g/mol. The molecule has 3 aromatic rings. The Morgan fingerprint density at radius 1 is 1.11 bits per heavy atom. The van der Waals surface area contributed by atoms with Crippen molar-refractivity contribution in [3.8, 4) is 11.4 Å². The van der Waals surface area contributed by atoms with Crippen molar-refractivity contribution >= 4 is 11.6 Å². The van der Waals surface area contributed by atoms with Crippen molar-refractivity contribution in [2.45, 2.75) is 6.54 Å². The first-order valence-electron chi connectivity index (χ1n) is 5.75. The van der Waals surface area contributed by atoms with Crippen LogP contribution in [0, 0.1) is 0 Å². The number of rotatable bonds is 3. The Labute approximate surface area is 114 Å². The predicted octanol–water partition coefficient (Wildman–Crippen LogP) is 2.44. The van der Waals surface area contributed by atoms with Gasteiger partial charge in [-0.1, -0.05) is 41.9 Å². The normalized spacial score (nSPS) is 10.6. The molecule has 2 heterocycles. The van der Waals surface area contributed by atoms with E-state index in [0.717, 1.165) is 11.3 Å². The second kappa shape index (κ2) is 5.16. The zero-order valence-corrected chi connectivity index (χ0v) is 10.7. The van der Waals surface area contributed by atoms with Gasteiger partial charge in [-0.15, -0.1) is 10.2 Å². The average molecular weight is 272 g/mol. The van der Waals surface area contributed by atoms with Crippen LogP contribution in [0.1, 0.15) is 5.69 Å². The van der Waals surface area contributed by atoms with Crippen LogP contribution < -0.4 is 0 Å². The molecule has 0 unspecified atom stereocenters. The number of hydrogen-bond acceptors (Lipinski definition) is 4. The van der Waals surface area contributed by atoms with Crippen molar-refractivity contribution in [2.24, 2.45) is 0 Å². The molecule has 0 aliphatic heterocycles. The highest BCUT2D eigenvalue weighted by Crippen LogP contribution is 2.13. The van der Waals surface area contributed by atoms with Crippen LogP contribution >= 0.6 is 11.6 Å². The minimum atomic E-state index is 0.445. The Kier molecular flexibility index (Phi) is 3.20. The number of nitrogens with zero attached hydrogens (tertiary/aromatic N) is 5. The Bertz CT molecular complexity index is 680. The Morgan fingerprint density at radius 3 is 2.74 bits per heavy atom. The molecule has 0 saturated heterocycles. The number of tetrazole rings is 1. The summed E-state index contributed by atoms with van der Waals surface area (Å²) in [5.41, 5.74) is 1.73. The molecule has 0 spiro atoms. The van der Waals surface area contributed by atoms with Gasteiger partial charge in [0.1, 0.15) is 6.54 Å². The van der Waals surface area contributed by atoms with Gasteiger partial charge in [-0.2, -0.15) is 4.80 Å². The van der Waals surface area contributed by atoms with Gasteiger partial charge in [0.25, 0.3) is 0 Å². The lowest BCUT2D eigenvalue weighted by Crippen LogP contribution is -2.05. The molecule has 0 amide bonds. The average Bonchev–Trinajstić information content (AvgIpc) is 2.88. The number of pyridine rings is 1. The zero-order valence-electron chi connectivity index (χ0n) is 9.94. The molecule has 0 atom stereocenters.